The molecule has 2 aromatic rings. The number of aromatic amines is 1. The summed E-state index contributed by atoms with van der Waals surface area (Å²) >= 11 is 0. The van der Waals surface area contributed by atoms with Gasteiger partial charge in [0.15, 0.2) is 0 Å². The highest BCUT2D eigenvalue weighted by Crippen LogP contribution is 2.39. The smallest absolute Gasteiger partial charge is 0.396 e. The Morgan fingerprint density at radius 2 is 2.11 bits per heavy atom. The second kappa shape index (κ2) is 8.08. The molecule has 0 spiro atoms. The molecular weight excluding hydrogens is 361 g/mol. The van der Waals surface area contributed by atoms with Gasteiger partial charge in [-0.15, -0.1) is 0 Å². The number of carbonyl (C=O) groups excluding carboxylic acids is 1. The average Bonchev–Trinajstić information content (AvgIpc) is 3.31. The summed E-state index contributed by atoms with van der Waals surface area (Å²) in [6.45, 7) is -0.340. The molecule has 1 aliphatic rings. The second-order valence-electron chi connectivity index (χ2n) is 6.67. The van der Waals surface area contributed by atoms with Crippen molar-refractivity contribution in [3.63, 3.8) is 0 Å². The zero-order valence-electron chi connectivity index (χ0n) is 14.5. The monoisotopic (exact) mass is 382 g/mol. The van der Waals surface area contributed by atoms with Crippen LogP contribution in [0, 0.1) is 5.92 Å². The van der Waals surface area contributed by atoms with Gasteiger partial charge >= 0.3 is 6.18 Å². The highest BCUT2D eigenvalue weighted by Gasteiger charge is 2.38. The molecule has 6 nitrogen and oxygen atoms in total. The highest BCUT2D eigenvalue weighted by atomic mass is 19.4. The summed E-state index contributed by atoms with van der Waals surface area (Å²) in [5, 5.41) is 18.6. The number of halogens is 3. The van der Waals surface area contributed by atoms with Crippen LogP contribution in [-0.4, -0.2) is 32.8 Å². The van der Waals surface area contributed by atoms with E-state index in [4.69, 9.17) is 0 Å². The van der Waals surface area contributed by atoms with Crippen molar-refractivity contribution >= 4 is 5.91 Å². The Morgan fingerprint density at radius 3 is 2.78 bits per heavy atom. The third-order valence-corrected chi connectivity index (χ3v) is 5.01. The molecule has 1 aromatic carbocycles. The third kappa shape index (κ3) is 4.29. The number of H-pyrrole nitrogens is 1. The fraction of sp³-hybridized carbons (Fsp3) is 0.500. The summed E-state index contributed by atoms with van der Waals surface area (Å²) < 4.78 is 40.0. The van der Waals surface area contributed by atoms with Crippen LogP contribution in [0.5, 0.6) is 0 Å². The summed E-state index contributed by atoms with van der Waals surface area (Å²) in [5.41, 5.74) is -0.844. The Bertz CT molecular complexity index is 764. The molecular formula is C18H21F3N4O2. The van der Waals surface area contributed by atoms with Gasteiger partial charge in [-0.2, -0.15) is 18.3 Å². The van der Waals surface area contributed by atoms with Gasteiger partial charge in [0, 0.05) is 18.4 Å². The van der Waals surface area contributed by atoms with Crippen LogP contribution in [0.3, 0.4) is 0 Å². The Morgan fingerprint density at radius 1 is 1.33 bits per heavy atom. The summed E-state index contributed by atoms with van der Waals surface area (Å²) in [6.07, 6.45) is -0.950. The summed E-state index contributed by atoms with van der Waals surface area (Å²) in [4.78, 5) is 16.9. The maximum Gasteiger partial charge on any atom is 0.416 e. The lowest BCUT2D eigenvalue weighted by molar-refractivity contribution is -0.139. The van der Waals surface area contributed by atoms with Gasteiger partial charge in [0.25, 0.3) is 0 Å². The first-order chi connectivity index (χ1) is 12.9. The van der Waals surface area contributed by atoms with Crippen molar-refractivity contribution in [3.05, 3.63) is 47.5 Å². The Hall–Kier alpha value is -2.42. The molecule has 27 heavy (non-hydrogen) atoms. The van der Waals surface area contributed by atoms with Gasteiger partial charge in [0.1, 0.15) is 12.2 Å². The number of benzene rings is 1. The van der Waals surface area contributed by atoms with Crippen LogP contribution in [-0.2, 0) is 11.0 Å². The normalized spacial score (nSPS) is 21.2. The van der Waals surface area contributed by atoms with Crippen molar-refractivity contribution in [1.82, 2.24) is 20.5 Å². The van der Waals surface area contributed by atoms with Gasteiger partial charge < -0.3 is 10.4 Å². The molecule has 1 aromatic heterocycles. The largest absolute Gasteiger partial charge is 0.416 e. The molecule has 0 saturated heterocycles. The van der Waals surface area contributed by atoms with Crippen molar-refractivity contribution in [3.8, 4) is 0 Å². The van der Waals surface area contributed by atoms with E-state index in [9.17, 15) is 23.1 Å². The molecule has 9 heteroatoms. The molecule has 0 radical (unpaired) electrons. The predicted octanol–water partition coefficient (Wildman–Crippen LogP) is 2.95. The number of aliphatic hydroxyl groups is 1. The molecule has 1 amide bonds. The van der Waals surface area contributed by atoms with Gasteiger partial charge in [0.05, 0.1) is 11.6 Å². The molecule has 0 aliphatic heterocycles. The van der Waals surface area contributed by atoms with E-state index in [0.29, 0.717) is 12.2 Å². The van der Waals surface area contributed by atoms with Crippen LogP contribution in [0.2, 0.25) is 0 Å². The highest BCUT2D eigenvalue weighted by molar-refractivity contribution is 5.80. The van der Waals surface area contributed by atoms with Crippen molar-refractivity contribution in [2.75, 3.05) is 6.61 Å². The quantitative estimate of drug-likeness (QED) is 0.716. The van der Waals surface area contributed by atoms with E-state index in [-0.39, 0.29) is 30.4 Å². The fourth-order valence-corrected chi connectivity index (χ4v) is 3.77. The number of amides is 1. The van der Waals surface area contributed by atoms with Crippen LogP contribution >= 0.6 is 0 Å². The Labute approximate surface area is 154 Å². The number of nitrogens with one attached hydrogen (secondary N) is 2. The molecule has 3 atom stereocenters. The minimum Gasteiger partial charge on any atom is -0.396 e. The lowest BCUT2D eigenvalue weighted by Crippen LogP contribution is -2.36. The molecule has 3 rings (SSSR count). The van der Waals surface area contributed by atoms with E-state index in [1.54, 1.807) is 0 Å². The molecule has 1 saturated carbocycles. The first-order valence-corrected chi connectivity index (χ1v) is 8.84. The minimum absolute atomic E-state index is 0.00146. The van der Waals surface area contributed by atoms with Crippen LogP contribution in [0.4, 0.5) is 13.2 Å². The zero-order chi connectivity index (χ0) is 19.4. The number of alkyl halides is 3. The van der Waals surface area contributed by atoms with Crippen molar-refractivity contribution < 1.29 is 23.1 Å². The first-order valence-electron chi connectivity index (χ1n) is 8.84. The second-order valence-corrected chi connectivity index (χ2v) is 6.67. The number of aromatic nitrogens is 3. The standard InChI is InChI=1S/C18H21F3N4O2/c19-18(20,21)14-7-2-1-4-13(14)15(8-9-26)24-17(27)12-6-3-5-11(12)16-22-10-23-25-16/h1-2,4,7,10-12,15,26H,3,5-6,8-9H2,(H,24,27)(H,22,23,25)/t11-,12+,15?/m0/s1. The van der Waals surface area contributed by atoms with Crippen LogP contribution in [0.1, 0.15) is 54.6 Å². The predicted molar refractivity (Wildman–Crippen MR) is 90.5 cm³/mol. The van der Waals surface area contributed by atoms with Crippen molar-refractivity contribution in [2.24, 2.45) is 5.92 Å². The van der Waals surface area contributed by atoms with Crippen LogP contribution in [0.25, 0.3) is 0 Å². The third-order valence-electron chi connectivity index (χ3n) is 5.01. The molecule has 0 bridgehead atoms. The molecule has 1 heterocycles. The number of aliphatic hydroxyl groups excluding tert-OH is 1. The first kappa shape index (κ1) is 19.3. The molecule has 1 unspecified atom stereocenters. The van der Waals surface area contributed by atoms with E-state index in [1.807, 2.05) is 0 Å². The van der Waals surface area contributed by atoms with Gasteiger partial charge in [-0.05, 0) is 30.9 Å². The zero-order valence-corrected chi connectivity index (χ0v) is 14.5. The van der Waals surface area contributed by atoms with E-state index >= 15 is 0 Å². The molecule has 1 aliphatic carbocycles. The fourth-order valence-electron chi connectivity index (χ4n) is 3.77. The van der Waals surface area contributed by atoms with Crippen LogP contribution < -0.4 is 5.32 Å². The number of rotatable bonds is 6. The minimum atomic E-state index is -4.54. The summed E-state index contributed by atoms with van der Waals surface area (Å²) in [5.74, 6) is -0.247. The number of hydrogen-bond acceptors (Lipinski definition) is 4. The van der Waals surface area contributed by atoms with Gasteiger partial charge in [-0.25, -0.2) is 4.98 Å². The summed E-state index contributed by atoms with van der Waals surface area (Å²) in [7, 11) is 0. The summed E-state index contributed by atoms with van der Waals surface area (Å²) in [6, 6.07) is 4.20. The molecule has 3 N–H and O–H groups in total. The average molecular weight is 382 g/mol. The number of hydrogen-bond donors (Lipinski definition) is 3. The van der Waals surface area contributed by atoms with Gasteiger partial charge in [-0.3, -0.25) is 9.89 Å². The maximum atomic E-state index is 13.3. The lowest BCUT2D eigenvalue weighted by Gasteiger charge is -2.25. The van der Waals surface area contributed by atoms with Crippen molar-refractivity contribution in [2.45, 2.75) is 43.8 Å². The number of carbonyl (C=O) groups is 1. The van der Waals surface area contributed by atoms with E-state index in [1.165, 1.54) is 24.5 Å². The van der Waals surface area contributed by atoms with E-state index < -0.39 is 23.7 Å². The number of nitrogens with zero attached hydrogens (tertiary/aromatic N) is 2. The lowest BCUT2D eigenvalue weighted by atomic mass is 9.92. The van der Waals surface area contributed by atoms with Crippen LogP contribution in [0.15, 0.2) is 30.6 Å². The van der Waals surface area contributed by atoms with Gasteiger partial charge in [-0.1, -0.05) is 24.6 Å². The molecule has 146 valence electrons. The topological polar surface area (TPSA) is 90.9 Å². The van der Waals surface area contributed by atoms with Crippen molar-refractivity contribution in [1.29, 1.82) is 0 Å². The SMILES string of the molecule is O=C(NC(CCO)c1ccccc1C(F)(F)F)[C@@H]1CCC[C@@H]1c1ncn[nH]1. The maximum absolute atomic E-state index is 13.3. The molecule has 1 fully saturated rings. The van der Waals surface area contributed by atoms with E-state index in [2.05, 4.69) is 20.5 Å². The van der Waals surface area contributed by atoms with E-state index in [0.717, 1.165) is 18.9 Å². The Balaban J connectivity index is 1.82. The van der Waals surface area contributed by atoms with Gasteiger partial charge in [0.2, 0.25) is 5.91 Å². The Kier molecular flexibility index (Phi) is 5.79.